The molecular formula is C15H15BrFNO2. The van der Waals surface area contributed by atoms with Gasteiger partial charge in [0.25, 0.3) is 0 Å². The summed E-state index contributed by atoms with van der Waals surface area (Å²) in [6, 6.07) is 9.44. The van der Waals surface area contributed by atoms with Crippen LogP contribution in [0.5, 0.6) is 11.5 Å². The Morgan fingerprint density at radius 1 is 1.10 bits per heavy atom. The Kier molecular flexibility index (Phi) is 4.62. The zero-order chi connectivity index (χ0) is 14.7. The summed E-state index contributed by atoms with van der Waals surface area (Å²) in [5.41, 5.74) is 7.30. The number of ether oxygens (including phenoxy) is 2. The van der Waals surface area contributed by atoms with Crippen LogP contribution < -0.4 is 15.2 Å². The van der Waals surface area contributed by atoms with E-state index in [1.807, 2.05) is 0 Å². The van der Waals surface area contributed by atoms with Crippen LogP contribution in [-0.2, 0) is 0 Å². The van der Waals surface area contributed by atoms with Gasteiger partial charge in [0.2, 0.25) is 0 Å². The molecule has 0 saturated heterocycles. The molecule has 0 radical (unpaired) electrons. The molecule has 0 fully saturated rings. The van der Waals surface area contributed by atoms with E-state index >= 15 is 0 Å². The number of benzene rings is 2. The highest BCUT2D eigenvalue weighted by Gasteiger charge is 2.18. The van der Waals surface area contributed by atoms with E-state index < -0.39 is 6.04 Å². The number of halogens is 2. The van der Waals surface area contributed by atoms with Crippen LogP contribution >= 0.6 is 15.9 Å². The number of rotatable bonds is 4. The van der Waals surface area contributed by atoms with Gasteiger partial charge in [0.05, 0.1) is 20.3 Å². The maximum atomic E-state index is 14.0. The first-order valence-corrected chi connectivity index (χ1v) is 6.78. The lowest BCUT2D eigenvalue weighted by atomic mass is 9.98. The van der Waals surface area contributed by atoms with Gasteiger partial charge in [-0.15, -0.1) is 0 Å². The molecule has 0 aliphatic carbocycles. The minimum atomic E-state index is -0.616. The fourth-order valence-electron chi connectivity index (χ4n) is 1.98. The molecule has 2 aromatic carbocycles. The molecule has 1 atom stereocenters. The molecule has 0 aromatic heterocycles. The molecule has 5 heteroatoms. The van der Waals surface area contributed by atoms with Crippen LogP contribution in [0.3, 0.4) is 0 Å². The third kappa shape index (κ3) is 2.94. The number of nitrogens with two attached hydrogens (primary N) is 1. The molecular weight excluding hydrogens is 325 g/mol. The SMILES string of the molecule is COc1cc(OC)cc(C(N)c2c(F)cccc2Br)c1. The van der Waals surface area contributed by atoms with E-state index in [0.717, 1.165) is 0 Å². The van der Waals surface area contributed by atoms with Crippen molar-refractivity contribution >= 4 is 15.9 Å². The largest absolute Gasteiger partial charge is 0.497 e. The van der Waals surface area contributed by atoms with E-state index in [1.165, 1.54) is 6.07 Å². The zero-order valence-electron chi connectivity index (χ0n) is 11.2. The Morgan fingerprint density at radius 3 is 2.20 bits per heavy atom. The Balaban J connectivity index is 2.50. The van der Waals surface area contributed by atoms with Crippen LogP contribution in [0.15, 0.2) is 40.9 Å². The van der Waals surface area contributed by atoms with Crippen molar-refractivity contribution in [2.24, 2.45) is 5.73 Å². The molecule has 1 unspecified atom stereocenters. The summed E-state index contributed by atoms with van der Waals surface area (Å²) in [4.78, 5) is 0. The molecule has 0 heterocycles. The molecule has 2 aromatic rings. The summed E-state index contributed by atoms with van der Waals surface area (Å²) in [5, 5.41) is 0. The topological polar surface area (TPSA) is 44.5 Å². The van der Waals surface area contributed by atoms with Crippen molar-refractivity contribution < 1.29 is 13.9 Å². The lowest BCUT2D eigenvalue weighted by molar-refractivity contribution is 0.393. The minimum Gasteiger partial charge on any atom is -0.497 e. The number of hydrogen-bond donors (Lipinski definition) is 1. The Morgan fingerprint density at radius 2 is 1.70 bits per heavy atom. The quantitative estimate of drug-likeness (QED) is 0.924. The van der Waals surface area contributed by atoms with Crippen molar-refractivity contribution in [1.29, 1.82) is 0 Å². The molecule has 3 nitrogen and oxygen atoms in total. The standard InChI is InChI=1S/C15H15BrFNO2/c1-19-10-6-9(7-11(8-10)20-2)15(18)14-12(16)4-3-5-13(14)17/h3-8,15H,18H2,1-2H3. The van der Waals surface area contributed by atoms with Gasteiger partial charge in [-0.1, -0.05) is 22.0 Å². The molecule has 2 rings (SSSR count). The van der Waals surface area contributed by atoms with E-state index in [2.05, 4.69) is 15.9 Å². The Labute approximate surface area is 125 Å². The molecule has 0 amide bonds. The first-order valence-electron chi connectivity index (χ1n) is 5.99. The highest BCUT2D eigenvalue weighted by Crippen LogP contribution is 2.33. The molecule has 0 aliphatic heterocycles. The third-order valence-electron chi connectivity index (χ3n) is 3.04. The lowest BCUT2D eigenvalue weighted by Crippen LogP contribution is -2.14. The van der Waals surface area contributed by atoms with Gasteiger partial charge in [-0.25, -0.2) is 4.39 Å². The van der Waals surface area contributed by atoms with Crippen LogP contribution in [0.1, 0.15) is 17.2 Å². The van der Waals surface area contributed by atoms with Crippen molar-refractivity contribution in [2.75, 3.05) is 14.2 Å². The normalized spacial score (nSPS) is 12.1. The van der Waals surface area contributed by atoms with Gasteiger partial charge in [-0.2, -0.15) is 0 Å². The second-order valence-corrected chi connectivity index (χ2v) is 5.11. The van der Waals surface area contributed by atoms with Crippen molar-refractivity contribution in [3.8, 4) is 11.5 Å². The van der Waals surface area contributed by atoms with Crippen LogP contribution in [0.25, 0.3) is 0 Å². The highest BCUT2D eigenvalue weighted by atomic mass is 79.9. The maximum absolute atomic E-state index is 14.0. The average molecular weight is 340 g/mol. The summed E-state index contributed by atoms with van der Waals surface area (Å²) in [5.74, 6) is 0.873. The molecule has 0 bridgehead atoms. The highest BCUT2D eigenvalue weighted by molar-refractivity contribution is 9.10. The van der Waals surface area contributed by atoms with Gasteiger partial charge in [0, 0.05) is 16.1 Å². The Bertz CT molecular complexity index is 576. The van der Waals surface area contributed by atoms with Gasteiger partial charge in [0.1, 0.15) is 17.3 Å². The second kappa shape index (κ2) is 6.24. The average Bonchev–Trinajstić information content (AvgIpc) is 2.46. The first kappa shape index (κ1) is 14.8. The lowest BCUT2D eigenvalue weighted by Gasteiger charge is -2.17. The molecule has 20 heavy (non-hydrogen) atoms. The van der Waals surface area contributed by atoms with E-state index in [9.17, 15) is 4.39 Å². The van der Waals surface area contributed by atoms with Crippen molar-refractivity contribution in [1.82, 2.24) is 0 Å². The van der Waals surface area contributed by atoms with Crippen molar-refractivity contribution in [3.63, 3.8) is 0 Å². The van der Waals surface area contributed by atoms with Crippen LogP contribution in [-0.4, -0.2) is 14.2 Å². The predicted octanol–water partition coefficient (Wildman–Crippen LogP) is 3.65. The fraction of sp³-hybridized carbons (Fsp3) is 0.200. The van der Waals surface area contributed by atoms with Crippen molar-refractivity contribution in [2.45, 2.75) is 6.04 Å². The smallest absolute Gasteiger partial charge is 0.129 e. The molecule has 0 spiro atoms. The summed E-state index contributed by atoms with van der Waals surface area (Å²) < 4.78 is 25.0. The fourth-order valence-corrected chi connectivity index (χ4v) is 2.57. The molecule has 0 saturated carbocycles. The van der Waals surface area contributed by atoms with E-state index in [4.69, 9.17) is 15.2 Å². The summed E-state index contributed by atoms with van der Waals surface area (Å²) in [6.07, 6.45) is 0. The van der Waals surface area contributed by atoms with Gasteiger partial charge >= 0.3 is 0 Å². The zero-order valence-corrected chi connectivity index (χ0v) is 12.8. The third-order valence-corrected chi connectivity index (χ3v) is 3.74. The van der Waals surface area contributed by atoms with E-state index in [1.54, 1.807) is 44.6 Å². The van der Waals surface area contributed by atoms with Gasteiger partial charge in [0.15, 0.2) is 0 Å². The minimum absolute atomic E-state index is 0.353. The van der Waals surface area contributed by atoms with Gasteiger partial charge in [-0.3, -0.25) is 0 Å². The monoisotopic (exact) mass is 339 g/mol. The summed E-state index contributed by atoms with van der Waals surface area (Å²) in [6.45, 7) is 0. The maximum Gasteiger partial charge on any atom is 0.129 e. The Hall–Kier alpha value is -1.59. The first-order chi connectivity index (χ1) is 9.56. The second-order valence-electron chi connectivity index (χ2n) is 4.26. The van der Waals surface area contributed by atoms with Crippen LogP contribution in [0.2, 0.25) is 0 Å². The number of methoxy groups -OCH3 is 2. The number of hydrogen-bond acceptors (Lipinski definition) is 3. The van der Waals surface area contributed by atoms with Crippen molar-refractivity contribution in [3.05, 3.63) is 57.8 Å². The van der Waals surface area contributed by atoms with E-state index in [0.29, 0.717) is 27.1 Å². The van der Waals surface area contributed by atoms with E-state index in [-0.39, 0.29) is 5.82 Å². The molecule has 2 N–H and O–H groups in total. The van der Waals surface area contributed by atoms with Gasteiger partial charge in [-0.05, 0) is 29.8 Å². The summed E-state index contributed by atoms with van der Waals surface area (Å²) >= 11 is 3.33. The summed E-state index contributed by atoms with van der Waals surface area (Å²) in [7, 11) is 3.12. The van der Waals surface area contributed by atoms with Crippen LogP contribution in [0, 0.1) is 5.82 Å². The van der Waals surface area contributed by atoms with Gasteiger partial charge < -0.3 is 15.2 Å². The predicted molar refractivity (Wildman–Crippen MR) is 79.7 cm³/mol. The molecule has 0 aliphatic rings. The molecule has 106 valence electrons. The van der Waals surface area contributed by atoms with Crippen LogP contribution in [0.4, 0.5) is 4.39 Å².